The Morgan fingerprint density at radius 1 is 0.827 bits per heavy atom. The fraction of sp³-hybridized carbons (Fsp3) is 0.872. The topological polar surface area (TPSA) is 116 Å². The van der Waals surface area contributed by atoms with E-state index in [2.05, 4.69) is 30.2 Å². The van der Waals surface area contributed by atoms with Crippen molar-refractivity contribution < 1.29 is 33.0 Å². The zero-order valence-electron chi connectivity index (χ0n) is 30.7. The number of halogens is 1. The maximum absolute atomic E-state index is 16.8. The Hall–Kier alpha value is -2.16. The summed E-state index contributed by atoms with van der Waals surface area (Å²) < 4.78 is 36.1. The molecule has 8 fully saturated rings. The zero-order chi connectivity index (χ0) is 35.3. The van der Waals surface area contributed by atoms with Crippen molar-refractivity contribution >= 4 is 17.6 Å². The lowest BCUT2D eigenvalue weighted by atomic mass is 9.67. The maximum Gasteiger partial charge on any atom is 0.256 e. The molecule has 6 heterocycles. The van der Waals surface area contributed by atoms with Gasteiger partial charge in [0.25, 0.3) is 5.91 Å². The molecule has 11 unspecified atom stereocenters. The number of Topliss-reactive ketones (excluding diaryl/α,β-unsaturated/α-hetero) is 1. The minimum absolute atomic E-state index is 0.0282. The smallest absolute Gasteiger partial charge is 0.256 e. The number of ketones is 1. The number of likely N-dealkylation sites (tertiary alicyclic amines) is 2. The molecule has 2 N–H and O–H groups in total. The molecular formula is C39H59FN6O6. The van der Waals surface area contributed by atoms with Gasteiger partial charge in [-0.15, -0.1) is 0 Å². The first-order chi connectivity index (χ1) is 25.4. The number of morpholine rings is 2. The predicted octanol–water partition coefficient (Wildman–Crippen LogP) is 1.48. The summed E-state index contributed by atoms with van der Waals surface area (Å²) in [4.78, 5) is 49.9. The van der Waals surface area contributed by atoms with E-state index >= 15 is 4.39 Å². The van der Waals surface area contributed by atoms with Crippen molar-refractivity contribution in [2.45, 2.75) is 125 Å². The minimum atomic E-state index is -1.28. The summed E-state index contributed by atoms with van der Waals surface area (Å²) in [6, 6.07) is -0.932. The number of ether oxygens (including phenoxy) is 3. The largest absolute Gasteiger partial charge is 0.379 e. The van der Waals surface area contributed by atoms with E-state index in [1.54, 1.807) is 0 Å². The zero-order valence-corrected chi connectivity index (χ0v) is 30.7. The number of carbonyl (C=O) groups excluding carboxylic acids is 3. The van der Waals surface area contributed by atoms with Gasteiger partial charge in [-0.05, 0) is 76.3 Å². The van der Waals surface area contributed by atoms with Crippen LogP contribution in [0.25, 0.3) is 0 Å². The van der Waals surface area contributed by atoms with Gasteiger partial charge in [0.1, 0.15) is 6.17 Å². The SMILES string of the molecule is O=C(CCN1CCOCC1)N[C@@H]1CCN(C2C(F)CC3C(=O)C(C(=O)NCCN4CCCC4)=CN4C5CC6OC7CCCCC7C6CC5OC2C34)C1. The Bertz CT molecular complexity index is 1370. The third-order valence-electron chi connectivity index (χ3n) is 14.3. The normalized spacial score (nSPS) is 42.2. The molecule has 0 bridgehead atoms. The number of hydrogen-bond donors (Lipinski definition) is 2. The molecule has 52 heavy (non-hydrogen) atoms. The van der Waals surface area contributed by atoms with Gasteiger partial charge in [-0.2, -0.15) is 0 Å². The summed E-state index contributed by atoms with van der Waals surface area (Å²) in [5.41, 5.74) is 0.164. The standard InChI is InChI=1S/C39H59FN6O6/c40-29-19-27-35-38(36(29)45-13-7-24(22-45)42-34(47)8-12-44-15-17-50-18-16-44)52-33-20-26-25-5-1-2-6-31(25)51-32(26)21-30(33)46(35)23-28(37(27)48)39(49)41-9-14-43-10-3-4-11-43/h23-27,29-33,35-36,38H,1-22H2,(H,41,49)(H,42,47)/t24-,25?,26?,27?,29?,30?,31?,32?,33?,35?,36?,38?/m1/s1. The first kappa shape index (κ1) is 35.5. The quantitative estimate of drug-likeness (QED) is 0.339. The van der Waals surface area contributed by atoms with Crippen molar-refractivity contribution in [3.8, 4) is 0 Å². The van der Waals surface area contributed by atoms with Gasteiger partial charge in [0.05, 0.1) is 61.3 Å². The number of alkyl halides is 1. The highest BCUT2D eigenvalue weighted by molar-refractivity contribution is 6.20. The van der Waals surface area contributed by atoms with E-state index in [1.165, 1.54) is 32.1 Å². The van der Waals surface area contributed by atoms with E-state index < -0.39 is 24.2 Å². The van der Waals surface area contributed by atoms with Crippen LogP contribution in [0.5, 0.6) is 0 Å². The van der Waals surface area contributed by atoms with Crippen LogP contribution < -0.4 is 10.6 Å². The highest BCUT2D eigenvalue weighted by Gasteiger charge is 2.62. The summed E-state index contributed by atoms with van der Waals surface area (Å²) in [6.07, 6.45) is 10.5. The third-order valence-corrected chi connectivity index (χ3v) is 14.3. The van der Waals surface area contributed by atoms with Crippen molar-refractivity contribution in [1.82, 2.24) is 30.2 Å². The van der Waals surface area contributed by atoms with Crippen LogP contribution in [0, 0.1) is 17.8 Å². The van der Waals surface area contributed by atoms with Crippen LogP contribution in [0.4, 0.5) is 4.39 Å². The summed E-state index contributed by atoms with van der Waals surface area (Å²) in [5.74, 6) is -0.238. The molecule has 288 valence electrons. The first-order valence-corrected chi connectivity index (χ1v) is 20.7. The summed E-state index contributed by atoms with van der Waals surface area (Å²) in [7, 11) is 0. The second-order valence-electron chi connectivity index (χ2n) is 17.3. The van der Waals surface area contributed by atoms with Gasteiger partial charge in [-0.25, -0.2) is 4.39 Å². The van der Waals surface area contributed by atoms with Gasteiger partial charge >= 0.3 is 0 Å². The lowest BCUT2D eigenvalue weighted by molar-refractivity contribution is -0.220. The number of nitrogens with zero attached hydrogens (tertiary/aromatic N) is 4. The summed E-state index contributed by atoms with van der Waals surface area (Å²) >= 11 is 0. The number of nitrogens with one attached hydrogen (secondary N) is 2. The Morgan fingerprint density at radius 2 is 1.63 bits per heavy atom. The number of fused-ring (bicyclic) bond motifs is 5. The van der Waals surface area contributed by atoms with Gasteiger partial charge < -0.3 is 34.6 Å². The van der Waals surface area contributed by atoms with Gasteiger partial charge in [0.15, 0.2) is 5.78 Å². The molecule has 13 heteroatoms. The summed E-state index contributed by atoms with van der Waals surface area (Å²) in [6.45, 7) is 8.42. The summed E-state index contributed by atoms with van der Waals surface area (Å²) in [5, 5.41) is 6.27. The van der Waals surface area contributed by atoms with Gasteiger partial charge in [0.2, 0.25) is 5.91 Å². The molecule has 0 aromatic carbocycles. The van der Waals surface area contributed by atoms with Crippen LogP contribution in [0.3, 0.4) is 0 Å². The second-order valence-corrected chi connectivity index (χ2v) is 17.3. The molecule has 12 nitrogen and oxygen atoms in total. The van der Waals surface area contributed by atoms with Crippen LogP contribution in [-0.2, 0) is 28.6 Å². The average Bonchev–Trinajstić information content (AvgIpc) is 3.92. The molecule has 0 aromatic rings. The molecule has 2 amide bonds. The van der Waals surface area contributed by atoms with Crippen LogP contribution >= 0.6 is 0 Å². The van der Waals surface area contributed by atoms with E-state index in [4.69, 9.17) is 14.2 Å². The lowest BCUT2D eigenvalue weighted by Crippen LogP contribution is -2.73. The molecule has 0 aromatic heterocycles. The molecule has 9 aliphatic rings. The Labute approximate surface area is 307 Å². The number of amides is 2. The monoisotopic (exact) mass is 726 g/mol. The maximum atomic E-state index is 16.8. The van der Waals surface area contributed by atoms with Crippen molar-refractivity contribution in [3.63, 3.8) is 0 Å². The molecule has 6 aliphatic heterocycles. The molecule has 9 rings (SSSR count). The van der Waals surface area contributed by atoms with Crippen LogP contribution in [-0.4, -0.2) is 164 Å². The molecule has 3 saturated carbocycles. The number of rotatable bonds is 9. The molecule has 0 radical (unpaired) electrons. The number of carbonyl (C=O) groups is 3. The molecular weight excluding hydrogens is 667 g/mol. The molecule has 5 saturated heterocycles. The highest BCUT2D eigenvalue weighted by Crippen LogP contribution is 2.53. The van der Waals surface area contributed by atoms with E-state index in [-0.39, 0.29) is 59.9 Å². The van der Waals surface area contributed by atoms with E-state index in [1.807, 2.05) is 6.20 Å². The van der Waals surface area contributed by atoms with E-state index in [0.717, 1.165) is 58.4 Å². The molecule has 12 atom stereocenters. The van der Waals surface area contributed by atoms with Crippen LogP contribution in [0.2, 0.25) is 0 Å². The van der Waals surface area contributed by atoms with Crippen molar-refractivity contribution in [2.24, 2.45) is 17.8 Å². The molecule has 3 aliphatic carbocycles. The van der Waals surface area contributed by atoms with Crippen LogP contribution in [0.1, 0.15) is 70.6 Å². The first-order valence-electron chi connectivity index (χ1n) is 20.7. The van der Waals surface area contributed by atoms with Crippen molar-refractivity contribution in [1.29, 1.82) is 0 Å². The third kappa shape index (κ3) is 6.84. The van der Waals surface area contributed by atoms with E-state index in [9.17, 15) is 14.4 Å². The Morgan fingerprint density at radius 3 is 2.48 bits per heavy atom. The highest BCUT2D eigenvalue weighted by atomic mass is 19.1. The van der Waals surface area contributed by atoms with Crippen LogP contribution in [0.15, 0.2) is 11.8 Å². The predicted molar refractivity (Wildman–Crippen MR) is 190 cm³/mol. The van der Waals surface area contributed by atoms with Gasteiger partial charge in [0, 0.05) is 70.4 Å². The fourth-order valence-electron chi connectivity index (χ4n) is 11.8. The number of hydrogen-bond acceptors (Lipinski definition) is 10. The van der Waals surface area contributed by atoms with Crippen molar-refractivity contribution in [2.75, 3.05) is 72.1 Å². The van der Waals surface area contributed by atoms with E-state index in [0.29, 0.717) is 63.8 Å². The van der Waals surface area contributed by atoms with Crippen molar-refractivity contribution in [3.05, 3.63) is 11.8 Å². The van der Waals surface area contributed by atoms with Gasteiger partial charge in [-0.3, -0.25) is 24.2 Å². The average molecular weight is 727 g/mol. The van der Waals surface area contributed by atoms with Gasteiger partial charge in [-0.1, -0.05) is 12.8 Å². The Balaban J connectivity index is 0.932. The fourth-order valence-corrected chi connectivity index (χ4v) is 11.8. The second kappa shape index (κ2) is 15.2. The Kier molecular flexibility index (Phi) is 10.4. The lowest BCUT2D eigenvalue weighted by Gasteiger charge is -2.61. The molecule has 0 spiro atoms. The minimum Gasteiger partial charge on any atom is -0.379 e.